The van der Waals surface area contributed by atoms with Crippen molar-refractivity contribution >= 4 is 28.2 Å². The maximum atomic E-state index is 11.9. The Labute approximate surface area is 104 Å². The lowest BCUT2D eigenvalue weighted by atomic mass is 10.1. The molecule has 1 amide bonds. The Bertz CT molecular complexity index is 401. The minimum absolute atomic E-state index is 0.159. The molecule has 1 aromatic rings. The molecule has 0 radical (unpaired) electrons. The highest BCUT2D eigenvalue weighted by Gasteiger charge is 2.19. The van der Waals surface area contributed by atoms with Crippen LogP contribution in [-0.2, 0) is 4.74 Å². The fourth-order valence-corrected chi connectivity index (χ4v) is 2.42. The molecule has 17 heavy (non-hydrogen) atoms. The van der Waals surface area contributed by atoms with Gasteiger partial charge in [0.15, 0.2) is 5.13 Å². The van der Waals surface area contributed by atoms with Crippen molar-refractivity contribution in [2.24, 2.45) is 5.92 Å². The number of nitrogens with zero attached hydrogens (tertiary/aromatic N) is 1. The molecule has 1 fully saturated rings. The van der Waals surface area contributed by atoms with Crippen molar-refractivity contribution in [3.8, 4) is 0 Å². The summed E-state index contributed by atoms with van der Waals surface area (Å²) in [6.45, 7) is 2.14. The summed E-state index contributed by atoms with van der Waals surface area (Å²) in [6, 6.07) is 0. The number of hydrogen-bond donors (Lipinski definition) is 3. The van der Waals surface area contributed by atoms with E-state index in [-0.39, 0.29) is 11.7 Å². The number of thiazole rings is 1. The van der Waals surface area contributed by atoms with Crippen LogP contribution >= 0.6 is 11.3 Å². The Morgan fingerprint density at radius 2 is 2.53 bits per heavy atom. The van der Waals surface area contributed by atoms with Gasteiger partial charge >= 0.3 is 0 Å². The largest absolute Gasteiger partial charge is 0.382 e. The molecule has 1 saturated heterocycles. The summed E-state index contributed by atoms with van der Waals surface area (Å²) in [7, 11) is 1.75. The van der Waals surface area contributed by atoms with Crippen LogP contribution in [0.5, 0.6) is 0 Å². The Morgan fingerprint density at radius 3 is 3.12 bits per heavy atom. The van der Waals surface area contributed by atoms with Gasteiger partial charge in [0.05, 0.1) is 6.61 Å². The first-order valence-corrected chi connectivity index (χ1v) is 6.32. The molecular formula is C10H16N4O2S. The Hall–Kier alpha value is -1.34. The van der Waals surface area contributed by atoms with Crippen LogP contribution in [0.2, 0.25) is 0 Å². The standard InChI is InChI=1S/C10H16N4O2S/c1-12-10-14-8(11)7(17-10)9(15)13-4-6-2-3-16-5-6/h6H,2-5,11H2,1H3,(H,12,14)(H,13,15). The molecule has 1 aliphatic rings. The molecule has 1 aromatic heterocycles. The SMILES string of the molecule is CNc1nc(N)c(C(=O)NCC2CCOC2)s1. The number of carbonyl (C=O) groups excluding carboxylic acids is 1. The van der Waals surface area contributed by atoms with Crippen LogP contribution < -0.4 is 16.4 Å². The lowest BCUT2D eigenvalue weighted by Gasteiger charge is -2.08. The number of aromatic nitrogens is 1. The van der Waals surface area contributed by atoms with Gasteiger partial charge in [-0.15, -0.1) is 0 Å². The predicted octanol–water partition coefficient (Wildman–Crippen LogP) is 0.533. The van der Waals surface area contributed by atoms with Gasteiger partial charge in [0.2, 0.25) is 0 Å². The van der Waals surface area contributed by atoms with Crippen molar-refractivity contribution in [2.45, 2.75) is 6.42 Å². The molecule has 1 aliphatic heterocycles. The number of rotatable bonds is 4. The first-order chi connectivity index (χ1) is 8.20. The Kier molecular flexibility index (Phi) is 3.80. The number of nitrogens with one attached hydrogen (secondary N) is 2. The molecule has 4 N–H and O–H groups in total. The van der Waals surface area contributed by atoms with Crippen molar-refractivity contribution in [3.05, 3.63) is 4.88 Å². The minimum Gasteiger partial charge on any atom is -0.382 e. The number of nitrogens with two attached hydrogens (primary N) is 1. The monoisotopic (exact) mass is 256 g/mol. The van der Waals surface area contributed by atoms with Crippen LogP contribution in [0.1, 0.15) is 16.1 Å². The average molecular weight is 256 g/mol. The first-order valence-electron chi connectivity index (χ1n) is 5.50. The molecule has 2 heterocycles. The minimum atomic E-state index is -0.159. The van der Waals surface area contributed by atoms with E-state index >= 15 is 0 Å². The zero-order valence-electron chi connectivity index (χ0n) is 9.66. The van der Waals surface area contributed by atoms with Gasteiger partial charge in [-0.1, -0.05) is 11.3 Å². The lowest BCUT2D eigenvalue weighted by molar-refractivity contribution is 0.0949. The van der Waals surface area contributed by atoms with E-state index in [0.29, 0.717) is 22.5 Å². The van der Waals surface area contributed by atoms with Gasteiger partial charge in [-0.2, -0.15) is 0 Å². The first kappa shape index (κ1) is 12.1. The van der Waals surface area contributed by atoms with Crippen molar-refractivity contribution in [1.29, 1.82) is 0 Å². The third kappa shape index (κ3) is 2.86. The van der Waals surface area contributed by atoms with E-state index in [2.05, 4.69) is 15.6 Å². The maximum Gasteiger partial charge on any atom is 0.265 e. The van der Waals surface area contributed by atoms with Gasteiger partial charge in [-0.25, -0.2) is 4.98 Å². The van der Waals surface area contributed by atoms with Crippen LogP contribution in [0.25, 0.3) is 0 Å². The molecule has 0 bridgehead atoms. The number of hydrogen-bond acceptors (Lipinski definition) is 6. The quantitative estimate of drug-likeness (QED) is 0.731. The molecule has 7 heteroatoms. The van der Waals surface area contributed by atoms with E-state index in [1.54, 1.807) is 7.05 Å². The second-order valence-electron chi connectivity index (χ2n) is 3.92. The second kappa shape index (κ2) is 5.33. The third-order valence-corrected chi connectivity index (χ3v) is 3.74. The highest BCUT2D eigenvalue weighted by Crippen LogP contribution is 2.24. The zero-order valence-corrected chi connectivity index (χ0v) is 10.5. The summed E-state index contributed by atoms with van der Waals surface area (Å²) in [6.07, 6.45) is 1.00. The molecule has 0 aliphatic carbocycles. The molecule has 94 valence electrons. The van der Waals surface area contributed by atoms with Crippen molar-refractivity contribution in [1.82, 2.24) is 10.3 Å². The number of amides is 1. The third-order valence-electron chi connectivity index (χ3n) is 2.65. The van der Waals surface area contributed by atoms with Crippen LogP contribution in [0, 0.1) is 5.92 Å². The fraction of sp³-hybridized carbons (Fsp3) is 0.600. The van der Waals surface area contributed by atoms with Gasteiger partial charge in [-0.05, 0) is 6.42 Å². The number of nitrogen functional groups attached to an aromatic ring is 1. The van der Waals surface area contributed by atoms with E-state index in [9.17, 15) is 4.79 Å². The summed E-state index contributed by atoms with van der Waals surface area (Å²) in [5.41, 5.74) is 5.68. The van der Waals surface area contributed by atoms with Crippen molar-refractivity contribution in [2.75, 3.05) is 37.9 Å². The van der Waals surface area contributed by atoms with Crippen LogP contribution in [0.4, 0.5) is 10.9 Å². The molecular weight excluding hydrogens is 240 g/mol. The van der Waals surface area contributed by atoms with Crippen molar-refractivity contribution in [3.63, 3.8) is 0 Å². The molecule has 0 saturated carbocycles. The van der Waals surface area contributed by atoms with Crippen LogP contribution in [0.3, 0.4) is 0 Å². The van der Waals surface area contributed by atoms with Gasteiger partial charge in [0.1, 0.15) is 10.7 Å². The van der Waals surface area contributed by atoms with E-state index in [1.807, 2.05) is 0 Å². The Morgan fingerprint density at radius 1 is 1.71 bits per heavy atom. The van der Waals surface area contributed by atoms with Crippen LogP contribution in [0.15, 0.2) is 0 Å². The second-order valence-corrected chi connectivity index (χ2v) is 4.92. The number of carbonyl (C=O) groups is 1. The fourth-order valence-electron chi connectivity index (χ4n) is 1.66. The predicted molar refractivity (Wildman–Crippen MR) is 67.3 cm³/mol. The lowest BCUT2D eigenvalue weighted by Crippen LogP contribution is -2.29. The van der Waals surface area contributed by atoms with Gasteiger partial charge < -0.3 is 21.1 Å². The van der Waals surface area contributed by atoms with Crippen molar-refractivity contribution < 1.29 is 9.53 Å². The number of ether oxygens (including phenoxy) is 1. The summed E-state index contributed by atoms with van der Waals surface area (Å²) >= 11 is 1.26. The van der Waals surface area contributed by atoms with E-state index in [0.717, 1.165) is 19.6 Å². The van der Waals surface area contributed by atoms with Gasteiger partial charge in [0, 0.05) is 26.1 Å². The smallest absolute Gasteiger partial charge is 0.265 e. The summed E-state index contributed by atoms with van der Waals surface area (Å²) in [5.74, 6) is 0.532. The van der Waals surface area contributed by atoms with Gasteiger partial charge in [-0.3, -0.25) is 4.79 Å². The summed E-state index contributed by atoms with van der Waals surface area (Å²) in [5, 5.41) is 6.38. The normalized spacial score (nSPS) is 19.2. The summed E-state index contributed by atoms with van der Waals surface area (Å²) in [4.78, 5) is 16.4. The molecule has 2 rings (SSSR count). The van der Waals surface area contributed by atoms with E-state index in [4.69, 9.17) is 10.5 Å². The Balaban J connectivity index is 1.91. The summed E-state index contributed by atoms with van der Waals surface area (Å²) < 4.78 is 5.24. The molecule has 1 atom stereocenters. The molecule has 0 aromatic carbocycles. The van der Waals surface area contributed by atoms with E-state index < -0.39 is 0 Å². The molecule has 0 spiro atoms. The van der Waals surface area contributed by atoms with Gasteiger partial charge in [0.25, 0.3) is 5.91 Å². The molecule has 1 unspecified atom stereocenters. The van der Waals surface area contributed by atoms with E-state index in [1.165, 1.54) is 11.3 Å². The topological polar surface area (TPSA) is 89.3 Å². The highest BCUT2D eigenvalue weighted by atomic mass is 32.1. The maximum absolute atomic E-state index is 11.9. The molecule has 6 nitrogen and oxygen atoms in total. The average Bonchev–Trinajstić information content (AvgIpc) is 2.94. The zero-order chi connectivity index (χ0) is 12.3. The highest BCUT2D eigenvalue weighted by molar-refractivity contribution is 7.18. The number of anilines is 2. The van der Waals surface area contributed by atoms with Crippen LogP contribution in [-0.4, -0.2) is 37.7 Å².